The van der Waals surface area contributed by atoms with E-state index in [-0.39, 0.29) is 11.8 Å². The number of hydrogen-bond acceptors (Lipinski definition) is 4. The van der Waals surface area contributed by atoms with Crippen molar-refractivity contribution in [2.24, 2.45) is 0 Å². The molecule has 1 fully saturated rings. The first kappa shape index (κ1) is 27.5. The number of rotatable bonds is 7. The van der Waals surface area contributed by atoms with Crippen molar-refractivity contribution >= 4 is 64.1 Å². The quantitative estimate of drug-likeness (QED) is 0.230. The van der Waals surface area contributed by atoms with E-state index in [0.29, 0.717) is 21.4 Å². The number of H-pyrrole nitrogens is 1. The lowest BCUT2D eigenvalue weighted by atomic mass is 10.0. The molecule has 0 radical (unpaired) electrons. The Morgan fingerprint density at radius 2 is 1.77 bits per heavy atom. The average Bonchev–Trinajstić information content (AvgIpc) is 3.61. The van der Waals surface area contributed by atoms with Crippen LogP contribution in [0.5, 0.6) is 0 Å². The number of halogens is 2. The zero-order valence-electron chi connectivity index (χ0n) is 22.5. The van der Waals surface area contributed by atoms with E-state index in [2.05, 4.69) is 15.2 Å². The fourth-order valence-electron chi connectivity index (χ4n) is 5.86. The lowest BCUT2D eigenvalue weighted by Gasteiger charge is -2.24. The van der Waals surface area contributed by atoms with Crippen LogP contribution in [0.2, 0.25) is 10.0 Å². The van der Waals surface area contributed by atoms with Crippen molar-refractivity contribution in [3.8, 4) is 0 Å². The highest BCUT2D eigenvalue weighted by Crippen LogP contribution is 2.39. The minimum Gasteiger partial charge on any atom is -0.358 e. The van der Waals surface area contributed by atoms with E-state index >= 15 is 0 Å². The van der Waals surface area contributed by atoms with Gasteiger partial charge in [0.05, 0.1) is 11.1 Å². The molecule has 2 N–H and O–H groups in total. The van der Waals surface area contributed by atoms with Crippen molar-refractivity contribution in [3.63, 3.8) is 0 Å². The summed E-state index contributed by atoms with van der Waals surface area (Å²) in [7, 11) is 0. The van der Waals surface area contributed by atoms with Crippen LogP contribution in [0, 0.1) is 6.92 Å². The second-order valence-electron chi connectivity index (χ2n) is 10.7. The molecule has 2 aromatic carbocycles. The van der Waals surface area contributed by atoms with Gasteiger partial charge in [-0.2, -0.15) is 0 Å². The highest BCUT2D eigenvalue weighted by atomic mass is 35.5. The zero-order valence-corrected chi connectivity index (χ0v) is 24.8. The Morgan fingerprint density at radius 1 is 1.00 bits per heavy atom. The molecule has 40 heavy (non-hydrogen) atoms. The summed E-state index contributed by atoms with van der Waals surface area (Å²) in [4.78, 5) is 35.6. The molecule has 0 aliphatic carbocycles. The number of thioether (sulfide) groups is 1. The molecule has 3 aliphatic rings. The monoisotopic (exact) mass is 594 g/mol. The standard InChI is InChI=1S/C31H32Cl2N4O2S/c1-19-28(34-27-8-5-13-37(31(39)29(19)27)15-14-36-11-2-3-12-36)17-22-21-16-20(9-10-26(21)35-30(22)38)40-18-23-24(32)6-4-7-25(23)33/h4,6-7,9-10,16-17,34H,2-3,5,8,11-15,18H2,1H3,(H,35,38)/b22-17-. The number of hydrogen-bond donors (Lipinski definition) is 2. The van der Waals surface area contributed by atoms with Gasteiger partial charge in [-0.05, 0) is 93.2 Å². The van der Waals surface area contributed by atoms with Gasteiger partial charge in [0.25, 0.3) is 11.8 Å². The Balaban J connectivity index is 1.24. The van der Waals surface area contributed by atoms with Gasteiger partial charge >= 0.3 is 0 Å². The van der Waals surface area contributed by atoms with Gasteiger partial charge in [-0.25, -0.2) is 0 Å². The number of carbonyl (C=O) groups is 2. The van der Waals surface area contributed by atoms with Crippen LogP contribution in [0.15, 0.2) is 41.3 Å². The predicted molar refractivity (Wildman–Crippen MR) is 164 cm³/mol. The molecule has 6 nitrogen and oxygen atoms in total. The number of likely N-dealkylation sites (tertiary alicyclic amines) is 1. The molecule has 1 aromatic heterocycles. The van der Waals surface area contributed by atoms with E-state index in [4.69, 9.17) is 23.2 Å². The van der Waals surface area contributed by atoms with Gasteiger partial charge in [0, 0.05) is 63.0 Å². The number of anilines is 1. The summed E-state index contributed by atoms with van der Waals surface area (Å²) in [6, 6.07) is 11.5. The first-order valence-electron chi connectivity index (χ1n) is 13.9. The number of aromatic amines is 1. The van der Waals surface area contributed by atoms with Gasteiger partial charge in [-0.15, -0.1) is 11.8 Å². The predicted octanol–water partition coefficient (Wildman–Crippen LogP) is 6.90. The number of fused-ring (bicyclic) bond motifs is 2. The molecule has 0 spiro atoms. The third kappa shape index (κ3) is 5.45. The van der Waals surface area contributed by atoms with Crippen molar-refractivity contribution in [2.75, 3.05) is 38.0 Å². The number of nitrogens with one attached hydrogen (secondary N) is 2. The first-order chi connectivity index (χ1) is 19.4. The van der Waals surface area contributed by atoms with Crippen LogP contribution in [0.4, 0.5) is 5.69 Å². The Bertz CT molecular complexity index is 1490. The highest BCUT2D eigenvalue weighted by molar-refractivity contribution is 7.98. The highest BCUT2D eigenvalue weighted by Gasteiger charge is 2.30. The number of amides is 2. The molecular weight excluding hydrogens is 563 g/mol. The molecule has 2 amide bonds. The third-order valence-corrected chi connectivity index (χ3v) is 9.84. The Morgan fingerprint density at radius 3 is 2.55 bits per heavy atom. The molecule has 1 saturated heterocycles. The van der Waals surface area contributed by atoms with Crippen LogP contribution in [-0.2, 0) is 17.0 Å². The number of aromatic nitrogens is 1. The van der Waals surface area contributed by atoms with Crippen molar-refractivity contribution in [1.82, 2.24) is 14.8 Å². The summed E-state index contributed by atoms with van der Waals surface area (Å²) < 4.78 is 0. The van der Waals surface area contributed by atoms with Crippen LogP contribution < -0.4 is 5.32 Å². The van der Waals surface area contributed by atoms with Crippen molar-refractivity contribution in [1.29, 1.82) is 0 Å². The molecule has 9 heteroatoms. The lowest BCUT2D eigenvalue weighted by Crippen LogP contribution is -2.38. The number of benzene rings is 2. The molecule has 6 rings (SSSR count). The zero-order chi connectivity index (χ0) is 27.8. The summed E-state index contributed by atoms with van der Waals surface area (Å²) in [5.74, 6) is 0.573. The fourth-order valence-corrected chi connectivity index (χ4v) is 7.54. The summed E-state index contributed by atoms with van der Waals surface area (Å²) >= 11 is 14.3. The van der Waals surface area contributed by atoms with Gasteiger partial charge in [0.15, 0.2) is 0 Å². The van der Waals surface area contributed by atoms with E-state index in [1.807, 2.05) is 54.3 Å². The molecule has 0 atom stereocenters. The van der Waals surface area contributed by atoms with Crippen LogP contribution in [0.1, 0.15) is 57.7 Å². The normalized spacial score (nSPS) is 18.3. The second-order valence-corrected chi connectivity index (χ2v) is 12.5. The molecule has 0 bridgehead atoms. The third-order valence-electron chi connectivity index (χ3n) is 8.11. The maximum atomic E-state index is 13.6. The van der Waals surface area contributed by atoms with Crippen LogP contribution in [-0.4, -0.2) is 59.3 Å². The second kappa shape index (κ2) is 11.6. The smallest absolute Gasteiger partial charge is 0.256 e. The summed E-state index contributed by atoms with van der Waals surface area (Å²) in [6.45, 7) is 6.71. The largest absolute Gasteiger partial charge is 0.358 e. The maximum absolute atomic E-state index is 13.6. The minimum atomic E-state index is -0.144. The minimum absolute atomic E-state index is 0.0956. The van der Waals surface area contributed by atoms with E-state index < -0.39 is 0 Å². The topological polar surface area (TPSA) is 68.4 Å². The van der Waals surface area contributed by atoms with Gasteiger partial charge in [-0.1, -0.05) is 29.3 Å². The van der Waals surface area contributed by atoms with Crippen LogP contribution in [0.25, 0.3) is 11.6 Å². The summed E-state index contributed by atoms with van der Waals surface area (Å²) in [6.07, 6.45) is 6.14. The van der Waals surface area contributed by atoms with Crippen LogP contribution in [0.3, 0.4) is 0 Å². The average molecular weight is 596 g/mol. The molecule has 4 heterocycles. The van der Waals surface area contributed by atoms with E-state index in [1.54, 1.807) is 11.8 Å². The number of aryl methyl sites for hydroxylation is 1. The fraction of sp³-hybridized carbons (Fsp3) is 0.355. The van der Waals surface area contributed by atoms with Gasteiger partial charge < -0.3 is 20.1 Å². The lowest BCUT2D eigenvalue weighted by molar-refractivity contribution is -0.110. The van der Waals surface area contributed by atoms with Gasteiger partial charge in [0.2, 0.25) is 0 Å². The molecule has 3 aromatic rings. The van der Waals surface area contributed by atoms with E-state index in [9.17, 15) is 9.59 Å². The Kier molecular flexibility index (Phi) is 8.00. The van der Waals surface area contributed by atoms with Gasteiger partial charge in [-0.3, -0.25) is 9.59 Å². The van der Waals surface area contributed by atoms with Crippen molar-refractivity contribution in [2.45, 2.75) is 43.3 Å². The molecule has 208 valence electrons. The molecule has 0 unspecified atom stereocenters. The number of nitrogens with zero attached hydrogens (tertiary/aromatic N) is 2. The molecule has 0 saturated carbocycles. The summed E-state index contributed by atoms with van der Waals surface area (Å²) in [5, 5.41) is 4.27. The van der Waals surface area contributed by atoms with E-state index in [0.717, 1.165) is 89.8 Å². The Hall–Kier alpha value is -2.71. The first-order valence-corrected chi connectivity index (χ1v) is 15.6. The number of carbonyl (C=O) groups excluding carboxylic acids is 2. The summed E-state index contributed by atoms with van der Waals surface area (Å²) in [5.41, 5.74) is 6.58. The van der Waals surface area contributed by atoms with E-state index in [1.165, 1.54) is 12.8 Å². The van der Waals surface area contributed by atoms with Gasteiger partial charge in [0.1, 0.15) is 0 Å². The molecular formula is C31H32Cl2N4O2S. The Labute approximate surface area is 249 Å². The maximum Gasteiger partial charge on any atom is 0.256 e. The van der Waals surface area contributed by atoms with Crippen molar-refractivity contribution < 1.29 is 9.59 Å². The SMILES string of the molecule is Cc1c(/C=C2\C(=O)Nc3ccc(SCc4c(Cl)cccc4Cl)cc32)[nH]c2c1C(=O)N(CCN1CCCC1)CCC2. The van der Waals surface area contributed by atoms with Crippen molar-refractivity contribution in [3.05, 3.63) is 80.1 Å². The molecule has 3 aliphatic heterocycles. The van der Waals surface area contributed by atoms with Crippen LogP contribution >= 0.6 is 35.0 Å².